The standard InChI is InChI=1S/C14H17O5.ClHO4/c1-8-12-9(7-11(16-3)19-8)6-10(15-2)13(17-4)14(12)18-5;2-1(3,4)5/h6-7H,1-5H3;(H,2,3,4,5)/q+1;/p-1. The lowest BCUT2D eigenvalue weighted by Gasteiger charge is -2.17. The van der Waals surface area contributed by atoms with Gasteiger partial charge in [-0.25, -0.2) is 18.6 Å². The first-order chi connectivity index (χ1) is 11.2. The zero-order valence-corrected chi connectivity index (χ0v) is 14.5. The molecule has 0 bridgehead atoms. The Morgan fingerprint density at radius 3 is 1.79 bits per heavy atom. The fraction of sp³-hybridized carbons (Fsp3) is 0.357. The number of hydrogen-bond donors (Lipinski definition) is 0. The van der Waals surface area contributed by atoms with Crippen molar-refractivity contribution in [1.29, 1.82) is 0 Å². The van der Waals surface area contributed by atoms with E-state index in [2.05, 4.69) is 0 Å². The van der Waals surface area contributed by atoms with Gasteiger partial charge in [0.15, 0.2) is 18.6 Å². The van der Waals surface area contributed by atoms with E-state index in [1.54, 1.807) is 34.5 Å². The summed E-state index contributed by atoms with van der Waals surface area (Å²) < 4.78 is 60.8. The minimum Gasteiger partial charge on any atom is -0.493 e. The maximum absolute atomic E-state index is 8.49. The molecular weight excluding hydrogens is 348 g/mol. The van der Waals surface area contributed by atoms with Crippen LogP contribution in [0.15, 0.2) is 16.5 Å². The van der Waals surface area contributed by atoms with Crippen LogP contribution in [0.5, 0.6) is 23.2 Å². The van der Waals surface area contributed by atoms with Crippen LogP contribution in [-0.2, 0) is 0 Å². The van der Waals surface area contributed by atoms with E-state index < -0.39 is 10.2 Å². The molecule has 0 fully saturated rings. The fourth-order valence-corrected chi connectivity index (χ4v) is 2.11. The molecule has 0 radical (unpaired) electrons. The van der Waals surface area contributed by atoms with Crippen molar-refractivity contribution in [2.45, 2.75) is 6.92 Å². The van der Waals surface area contributed by atoms with E-state index in [-0.39, 0.29) is 0 Å². The van der Waals surface area contributed by atoms with Crippen molar-refractivity contribution in [3.63, 3.8) is 0 Å². The second-order valence-corrected chi connectivity index (χ2v) is 5.07. The molecule has 0 aliphatic heterocycles. The van der Waals surface area contributed by atoms with Gasteiger partial charge in [-0.3, -0.25) is 4.42 Å². The van der Waals surface area contributed by atoms with Crippen molar-refractivity contribution in [2.75, 3.05) is 28.4 Å². The summed E-state index contributed by atoms with van der Waals surface area (Å²) in [5.41, 5.74) is 0. The molecule has 1 aromatic carbocycles. The van der Waals surface area contributed by atoms with Crippen LogP contribution in [0, 0.1) is 17.2 Å². The molecule has 0 spiro atoms. The molecule has 0 N–H and O–H groups in total. The van der Waals surface area contributed by atoms with Gasteiger partial charge in [-0.15, -0.1) is 10.2 Å². The molecule has 10 heteroatoms. The molecule has 1 aromatic heterocycles. The average molecular weight is 365 g/mol. The van der Waals surface area contributed by atoms with Crippen LogP contribution in [0.25, 0.3) is 10.8 Å². The van der Waals surface area contributed by atoms with E-state index in [0.29, 0.717) is 29.0 Å². The average Bonchev–Trinajstić information content (AvgIpc) is 2.50. The number of rotatable bonds is 4. The number of fused-ring (bicyclic) bond motifs is 1. The summed E-state index contributed by atoms with van der Waals surface area (Å²) in [5, 5.41) is 1.73. The summed E-state index contributed by atoms with van der Waals surface area (Å²) in [6.45, 7) is 1.85. The van der Waals surface area contributed by atoms with E-state index in [1.165, 1.54) is 0 Å². The summed E-state index contributed by atoms with van der Waals surface area (Å²) in [6, 6.07) is 3.65. The van der Waals surface area contributed by atoms with Gasteiger partial charge in [-0.1, -0.05) is 0 Å². The lowest BCUT2D eigenvalue weighted by molar-refractivity contribution is -2.00. The van der Waals surface area contributed by atoms with Crippen LogP contribution < -0.4 is 37.6 Å². The van der Waals surface area contributed by atoms with Gasteiger partial charge in [-0.05, 0) is 6.07 Å². The van der Waals surface area contributed by atoms with Gasteiger partial charge in [-0.2, -0.15) is 0 Å². The van der Waals surface area contributed by atoms with Crippen LogP contribution in [0.3, 0.4) is 0 Å². The van der Waals surface area contributed by atoms with Crippen molar-refractivity contribution in [3.05, 3.63) is 17.9 Å². The summed E-state index contributed by atoms with van der Waals surface area (Å²) >= 11 is 0. The Morgan fingerprint density at radius 2 is 1.38 bits per heavy atom. The first-order valence-corrected chi connectivity index (χ1v) is 7.61. The molecule has 0 saturated heterocycles. The highest BCUT2D eigenvalue weighted by Gasteiger charge is 2.23. The first-order valence-electron chi connectivity index (χ1n) is 6.38. The smallest absolute Gasteiger partial charge is 0.493 e. The Hall–Kier alpha value is -2.04. The number of benzene rings is 1. The Kier molecular flexibility index (Phi) is 6.81. The van der Waals surface area contributed by atoms with Gasteiger partial charge in [0.05, 0.1) is 32.8 Å². The van der Waals surface area contributed by atoms with E-state index in [9.17, 15) is 0 Å². The molecule has 2 rings (SSSR count). The Labute approximate surface area is 140 Å². The molecule has 24 heavy (non-hydrogen) atoms. The van der Waals surface area contributed by atoms with E-state index >= 15 is 0 Å². The van der Waals surface area contributed by atoms with Crippen molar-refractivity contribution in [2.24, 2.45) is 0 Å². The first kappa shape index (κ1) is 20.0. The third-order valence-corrected chi connectivity index (χ3v) is 2.94. The van der Waals surface area contributed by atoms with Gasteiger partial charge in [0, 0.05) is 12.3 Å². The number of aryl methyl sites for hydroxylation is 1. The summed E-state index contributed by atoms with van der Waals surface area (Å²) in [6.07, 6.45) is 0. The third-order valence-electron chi connectivity index (χ3n) is 2.94. The summed E-state index contributed by atoms with van der Waals surface area (Å²) in [7, 11) is 1.35. The van der Waals surface area contributed by atoms with E-state index in [0.717, 1.165) is 10.8 Å². The number of hydrogen-bond acceptors (Lipinski definition) is 8. The van der Waals surface area contributed by atoms with E-state index in [1.807, 2.05) is 13.0 Å². The number of halogens is 1. The van der Waals surface area contributed by atoms with Crippen LogP contribution in [-0.4, -0.2) is 28.4 Å². The zero-order valence-electron chi connectivity index (χ0n) is 13.7. The highest BCUT2D eigenvalue weighted by atomic mass is 35.7. The minimum atomic E-state index is -4.94. The van der Waals surface area contributed by atoms with Crippen molar-refractivity contribution >= 4 is 10.8 Å². The van der Waals surface area contributed by atoms with Crippen LogP contribution in [0.2, 0.25) is 0 Å². The maximum atomic E-state index is 8.49. The SMILES string of the molecule is COc1cc2cc(OC)c(OC)c(OC)c2c(C)[o+]1.[O-][Cl+3]([O-])([O-])[O-]. The number of ether oxygens (including phenoxy) is 4. The molecule has 0 saturated carbocycles. The zero-order chi connectivity index (χ0) is 18.5. The van der Waals surface area contributed by atoms with Gasteiger partial charge < -0.3 is 18.9 Å². The topological polar surface area (TPSA) is 140 Å². The molecule has 9 nitrogen and oxygen atoms in total. The highest BCUT2D eigenvalue weighted by Crippen LogP contribution is 2.45. The predicted molar refractivity (Wildman–Crippen MR) is 71.6 cm³/mol. The van der Waals surface area contributed by atoms with Crippen molar-refractivity contribution in [3.8, 4) is 23.2 Å². The monoisotopic (exact) mass is 364 g/mol. The van der Waals surface area contributed by atoms with E-state index in [4.69, 9.17) is 42.0 Å². The Morgan fingerprint density at radius 1 is 0.833 bits per heavy atom. The van der Waals surface area contributed by atoms with Gasteiger partial charge >= 0.3 is 5.95 Å². The molecular formula is C14H17ClO9. The molecule has 0 atom stereocenters. The molecule has 0 amide bonds. The van der Waals surface area contributed by atoms with Gasteiger partial charge in [0.2, 0.25) is 11.5 Å². The summed E-state index contributed by atoms with van der Waals surface area (Å²) in [4.78, 5) is 0. The van der Waals surface area contributed by atoms with Crippen LogP contribution in [0.4, 0.5) is 0 Å². The molecule has 134 valence electrons. The van der Waals surface area contributed by atoms with Crippen molar-refractivity contribution in [1.82, 2.24) is 0 Å². The van der Waals surface area contributed by atoms with Crippen LogP contribution in [0.1, 0.15) is 5.76 Å². The minimum absolute atomic E-state index is 0.430. The molecule has 2 aromatic rings. The molecule has 0 aliphatic rings. The fourth-order valence-electron chi connectivity index (χ4n) is 2.11. The number of methoxy groups -OCH3 is 4. The molecule has 0 aliphatic carbocycles. The lowest BCUT2D eigenvalue weighted by atomic mass is 10.1. The van der Waals surface area contributed by atoms with Crippen molar-refractivity contribution < 1.29 is 52.2 Å². The summed E-state index contributed by atoms with van der Waals surface area (Å²) in [5.74, 6) is 2.84. The second kappa shape index (κ2) is 8.18. The van der Waals surface area contributed by atoms with Gasteiger partial charge in [0.1, 0.15) is 0 Å². The largest absolute Gasteiger partial charge is 0.518 e. The van der Waals surface area contributed by atoms with Gasteiger partial charge in [0.25, 0.3) is 0 Å². The Bertz CT molecular complexity index is 691. The quantitative estimate of drug-likeness (QED) is 0.580. The predicted octanol–water partition coefficient (Wildman–Crippen LogP) is -1.70. The Balaban J connectivity index is 0.000000505. The maximum Gasteiger partial charge on any atom is 0.518 e. The lowest BCUT2D eigenvalue weighted by Crippen LogP contribution is -2.68. The normalized spacial score (nSPS) is 10.7. The third kappa shape index (κ3) is 4.98. The molecule has 1 heterocycles. The van der Waals surface area contributed by atoms with Crippen LogP contribution >= 0.6 is 0 Å². The highest BCUT2D eigenvalue weighted by molar-refractivity contribution is 5.94. The molecule has 0 unspecified atom stereocenters. The second-order valence-electron chi connectivity index (χ2n) is 4.31.